The highest BCUT2D eigenvalue weighted by Gasteiger charge is 2.28. The van der Waals surface area contributed by atoms with Crippen molar-refractivity contribution in [1.29, 1.82) is 0 Å². The molecule has 0 spiro atoms. The summed E-state index contributed by atoms with van der Waals surface area (Å²) in [5.74, 6) is -0.779. The second kappa shape index (κ2) is 8.99. The molecule has 0 saturated carbocycles. The van der Waals surface area contributed by atoms with Crippen LogP contribution in [-0.2, 0) is 16.4 Å². The van der Waals surface area contributed by atoms with E-state index in [9.17, 15) is 18.3 Å². The number of amides is 1. The first-order valence-electron chi connectivity index (χ1n) is 9.31. The second-order valence-corrected chi connectivity index (χ2v) is 10.4. The van der Waals surface area contributed by atoms with Gasteiger partial charge < -0.3 is 14.9 Å². The lowest BCUT2D eigenvalue weighted by molar-refractivity contribution is 0.102. The van der Waals surface area contributed by atoms with Crippen LogP contribution in [0.2, 0.25) is 5.02 Å². The third-order valence-electron chi connectivity index (χ3n) is 4.52. The predicted molar refractivity (Wildman–Crippen MR) is 121 cm³/mol. The number of rotatable bonds is 7. The largest absolute Gasteiger partial charge is 0.396 e. The van der Waals surface area contributed by atoms with Gasteiger partial charge in [0.1, 0.15) is 20.5 Å². The van der Waals surface area contributed by atoms with E-state index in [1.54, 1.807) is 13.8 Å². The van der Waals surface area contributed by atoms with E-state index in [4.69, 9.17) is 16.1 Å². The SMILES string of the molecule is Cc1cc(C)c(NC(=O)c2sc(C)cc2S(=O)(=O)Nc2onc(C)c2Cl)c(CCO)c1. The van der Waals surface area contributed by atoms with Crippen molar-refractivity contribution in [2.24, 2.45) is 0 Å². The van der Waals surface area contributed by atoms with E-state index < -0.39 is 15.9 Å². The monoisotopic (exact) mass is 483 g/mol. The van der Waals surface area contributed by atoms with Gasteiger partial charge in [-0.15, -0.1) is 11.3 Å². The van der Waals surface area contributed by atoms with Gasteiger partial charge in [0.25, 0.3) is 21.8 Å². The number of hydrogen-bond acceptors (Lipinski definition) is 7. The van der Waals surface area contributed by atoms with Crippen LogP contribution in [0.25, 0.3) is 0 Å². The number of anilines is 2. The molecule has 0 aliphatic rings. The fraction of sp³-hybridized carbons (Fsp3) is 0.300. The Balaban J connectivity index is 1.97. The van der Waals surface area contributed by atoms with Crippen LogP contribution in [0.1, 0.15) is 36.9 Å². The second-order valence-electron chi connectivity index (χ2n) is 7.11. The molecule has 2 heterocycles. The summed E-state index contributed by atoms with van der Waals surface area (Å²) >= 11 is 7.07. The molecule has 0 saturated heterocycles. The van der Waals surface area contributed by atoms with Gasteiger partial charge in [-0.3, -0.25) is 4.79 Å². The maximum atomic E-state index is 13.1. The molecule has 0 radical (unpaired) electrons. The van der Waals surface area contributed by atoms with Gasteiger partial charge in [0.15, 0.2) is 0 Å². The fourth-order valence-electron chi connectivity index (χ4n) is 3.17. The Morgan fingerprint density at radius 3 is 2.55 bits per heavy atom. The third-order valence-corrected chi connectivity index (χ3v) is 7.49. The van der Waals surface area contributed by atoms with Gasteiger partial charge in [-0.2, -0.15) is 0 Å². The number of aromatic nitrogens is 1. The van der Waals surface area contributed by atoms with Crippen LogP contribution >= 0.6 is 22.9 Å². The number of benzene rings is 1. The van der Waals surface area contributed by atoms with Gasteiger partial charge in [-0.25, -0.2) is 13.1 Å². The predicted octanol–water partition coefficient (Wildman–Crippen LogP) is 4.21. The van der Waals surface area contributed by atoms with Gasteiger partial charge in [0.05, 0.1) is 0 Å². The summed E-state index contributed by atoms with van der Waals surface area (Å²) in [7, 11) is -4.17. The van der Waals surface area contributed by atoms with Crippen LogP contribution in [0.3, 0.4) is 0 Å². The first kappa shape index (κ1) is 23.3. The summed E-state index contributed by atoms with van der Waals surface area (Å²) in [5, 5.41) is 15.9. The molecule has 0 aliphatic heterocycles. The lowest BCUT2D eigenvalue weighted by Gasteiger charge is -2.15. The van der Waals surface area contributed by atoms with Gasteiger partial charge in [0, 0.05) is 17.2 Å². The number of aryl methyl sites for hydroxylation is 4. The highest BCUT2D eigenvalue weighted by atomic mass is 35.5. The molecule has 8 nitrogen and oxygen atoms in total. The zero-order chi connectivity index (χ0) is 22.9. The minimum atomic E-state index is -4.17. The Kier molecular flexibility index (Phi) is 6.75. The molecule has 166 valence electrons. The van der Waals surface area contributed by atoms with E-state index in [-0.39, 0.29) is 27.3 Å². The number of hydrogen-bond donors (Lipinski definition) is 3. The van der Waals surface area contributed by atoms with Crippen molar-refractivity contribution in [3.05, 3.63) is 55.4 Å². The van der Waals surface area contributed by atoms with E-state index in [0.29, 0.717) is 22.7 Å². The Labute approximate surface area is 189 Å². The molecule has 0 bridgehead atoms. The van der Waals surface area contributed by atoms with Crippen LogP contribution in [-0.4, -0.2) is 31.2 Å². The first-order chi connectivity index (χ1) is 14.5. The van der Waals surface area contributed by atoms with Crippen molar-refractivity contribution in [2.45, 2.75) is 39.0 Å². The molecule has 0 aliphatic carbocycles. The lowest BCUT2D eigenvalue weighted by atomic mass is 10.0. The van der Waals surface area contributed by atoms with Gasteiger partial charge >= 0.3 is 0 Å². The zero-order valence-electron chi connectivity index (χ0n) is 17.4. The lowest BCUT2D eigenvalue weighted by Crippen LogP contribution is -2.19. The highest BCUT2D eigenvalue weighted by Crippen LogP contribution is 2.32. The van der Waals surface area contributed by atoms with Gasteiger partial charge in [0.2, 0.25) is 0 Å². The number of nitrogens with zero attached hydrogens (tertiary/aromatic N) is 1. The van der Waals surface area contributed by atoms with Crippen LogP contribution in [0.5, 0.6) is 0 Å². The number of nitrogens with one attached hydrogen (secondary N) is 2. The molecule has 0 unspecified atom stereocenters. The minimum absolute atomic E-state index is 0.0206. The summed E-state index contributed by atoms with van der Waals surface area (Å²) in [6.45, 7) is 6.97. The Morgan fingerprint density at radius 2 is 1.94 bits per heavy atom. The molecule has 0 atom stereocenters. The minimum Gasteiger partial charge on any atom is -0.396 e. The summed E-state index contributed by atoms with van der Waals surface area (Å²) in [6.07, 6.45) is 0.359. The van der Waals surface area contributed by atoms with Crippen LogP contribution in [0, 0.1) is 27.7 Å². The molecular weight excluding hydrogens is 462 g/mol. The zero-order valence-corrected chi connectivity index (χ0v) is 19.8. The molecule has 3 N–H and O–H groups in total. The molecule has 31 heavy (non-hydrogen) atoms. The van der Waals surface area contributed by atoms with Crippen LogP contribution in [0.15, 0.2) is 27.6 Å². The molecule has 1 aromatic carbocycles. The summed E-state index contributed by atoms with van der Waals surface area (Å²) in [5.41, 5.74) is 3.48. The molecule has 2 aromatic heterocycles. The Bertz CT molecular complexity index is 1250. The number of carbonyl (C=O) groups is 1. The quantitative estimate of drug-likeness (QED) is 0.462. The molecule has 11 heteroatoms. The molecule has 0 fully saturated rings. The topological polar surface area (TPSA) is 122 Å². The summed E-state index contributed by atoms with van der Waals surface area (Å²) < 4.78 is 33.1. The van der Waals surface area contributed by atoms with Gasteiger partial charge in [-0.1, -0.05) is 34.5 Å². The number of thiophene rings is 1. The van der Waals surface area contributed by atoms with E-state index in [1.807, 2.05) is 26.0 Å². The fourth-order valence-corrected chi connectivity index (χ4v) is 5.84. The third kappa shape index (κ3) is 4.93. The molecule has 1 amide bonds. The Hall–Kier alpha value is -2.40. The summed E-state index contributed by atoms with van der Waals surface area (Å²) in [6, 6.07) is 5.20. The maximum Gasteiger partial charge on any atom is 0.267 e. The van der Waals surface area contributed by atoms with Crippen molar-refractivity contribution in [2.75, 3.05) is 16.6 Å². The van der Waals surface area contributed by atoms with Crippen molar-refractivity contribution in [1.82, 2.24) is 5.16 Å². The van der Waals surface area contributed by atoms with Crippen molar-refractivity contribution >= 4 is 50.4 Å². The molecule has 3 rings (SSSR count). The average Bonchev–Trinajstić information content (AvgIpc) is 3.22. The number of aliphatic hydroxyl groups is 1. The molecule has 3 aromatic rings. The van der Waals surface area contributed by atoms with E-state index in [0.717, 1.165) is 28.0 Å². The maximum absolute atomic E-state index is 13.1. The van der Waals surface area contributed by atoms with Crippen LogP contribution in [0.4, 0.5) is 11.6 Å². The van der Waals surface area contributed by atoms with Crippen LogP contribution < -0.4 is 10.0 Å². The van der Waals surface area contributed by atoms with Crippen molar-refractivity contribution in [3.63, 3.8) is 0 Å². The first-order valence-corrected chi connectivity index (χ1v) is 12.0. The highest BCUT2D eigenvalue weighted by molar-refractivity contribution is 7.93. The number of sulfonamides is 1. The van der Waals surface area contributed by atoms with Crippen molar-refractivity contribution in [3.8, 4) is 0 Å². The summed E-state index contributed by atoms with van der Waals surface area (Å²) in [4.78, 5) is 13.6. The molecular formula is C20H22ClN3O5S2. The van der Waals surface area contributed by atoms with E-state index in [1.165, 1.54) is 6.07 Å². The number of carbonyl (C=O) groups excluding carboxylic acids is 1. The van der Waals surface area contributed by atoms with E-state index >= 15 is 0 Å². The van der Waals surface area contributed by atoms with E-state index in [2.05, 4.69) is 15.2 Å². The normalized spacial score (nSPS) is 11.5. The number of halogens is 1. The van der Waals surface area contributed by atoms with Gasteiger partial charge in [-0.05, 0) is 51.3 Å². The Morgan fingerprint density at radius 1 is 1.23 bits per heavy atom. The van der Waals surface area contributed by atoms with Crippen molar-refractivity contribution < 1.29 is 22.8 Å². The average molecular weight is 484 g/mol. The standard InChI is InChI=1S/C20H22ClN3O5S2/c1-10-7-11(2)17(14(8-10)5-6-25)22-19(26)18-15(9-12(3)30-18)31(27,28)24-20-16(21)13(4)23-29-20/h7-9,24-25H,5-6H2,1-4H3,(H,22,26). The smallest absolute Gasteiger partial charge is 0.267 e. The number of aliphatic hydroxyl groups excluding tert-OH is 1.